The number of allylic oxidation sites excluding steroid dienone is 4. The van der Waals surface area contributed by atoms with E-state index in [0.717, 1.165) is 0 Å². The molecule has 0 saturated heterocycles. The Hall–Kier alpha value is -2.08. The van der Waals surface area contributed by atoms with Gasteiger partial charge in [0.2, 0.25) is 0 Å². The lowest BCUT2D eigenvalue weighted by atomic mass is 9.68. The molecule has 0 amide bonds. The Morgan fingerprint density at radius 3 is 2.36 bits per heavy atom. The average molecular weight is 358 g/mol. The number of alkyl halides is 1. The number of aromatic nitrogens is 3. The molecule has 2 aromatic rings. The van der Waals surface area contributed by atoms with E-state index in [2.05, 4.69) is 28.1 Å². The molecular weight excluding hydrogens is 346 g/mol. The zero-order chi connectivity index (χ0) is 15.1. The Balaban J connectivity index is 1.84. The molecule has 22 heavy (non-hydrogen) atoms. The Kier molecular flexibility index (Phi) is 2.16. The van der Waals surface area contributed by atoms with Crippen LogP contribution in [-0.4, -0.2) is 18.3 Å². The van der Waals surface area contributed by atoms with E-state index in [1.54, 1.807) is 21.5 Å². The summed E-state index contributed by atoms with van der Waals surface area (Å²) in [6.07, 6.45) is 8.25. The minimum Gasteiger partial charge on any atom is -0.245 e. The molecule has 5 nitrogen and oxygen atoms in total. The van der Waals surface area contributed by atoms with Crippen molar-refractivity contribution in [2.75, 3.05) is 0 Å². The van der Waals surface area contributed by atoms with Crippen molar-refractivity contribution in [2.45, 2.75) is 16.4 Å². The van der Waals surface area contributed by atoms with E-state index in [0.29, 0.717) is 5.69 Å². The number of para-hydroxylation sites is 1. The second kappa shape index (κ2) is 3.81. The molecule has 6 rings (SSSR count). The van der Waals surface area contributed by atoms with Gasteiger partial charge in [0, 0.05) is 5.92 Å². The molecule has 110 valence electrons. The summed E-state index contributed by atoms with van der Waals surface area (Å²) in [6.45, 7) is 0. The highest BCUT2D eigenvalue weighted by atomic mass is 79.9. The number of hydrogen-bond donors (Lipinski definition) is 0. The maximum absolute atomic E-state index is 12.9. The summed E-state index contributed by atoms with van der Waals surface area (Å²) in [4.78, 5) is 25.7. The van der Waals surface area contributed by atoms with Gasteiger partial charge in [0.1, 0.15) is 0 Å². The molecule has 0 spiro atoms. The smallest absolute Gasteiger partial charge is 0.245 e. The fourth-order valence-corrected chi connectivity index (χ4v) is 4.77. The van der Waals surface area contributed by atoms with Crippen LogP contribution in [-0.2, 0) is 0 Å². The first-order chi connectivity index (χ1) is 10.6. The normalized spacial score (nSPS) is 33.4. The summed E-state index contributed by atoms with van der Waals surface area (Å²) < 4.78 is 4.21. The fraction of sp³-hybridized carbons (Fsp3) is 0.250. The van der Waals surface area contributed by atoms with Crippen LogP contribution >= 0.6 is 15.9 Å². The summed E-state index contributed by atoms with van der Waals surface area (Å²) in [6, 6.07) is 8.80. The predicted octanol–water partition coefficient (Wildman–Crippen LogP) is 1.79. The third kappa shape index (κ3) is 1.22. The Morgan fingerprint density at radius 2 is 1.68 bits per heavy atom. The molecule has 1 aromatic carbocycles. The van der Waals surface area contributed by atoms with Crippen LogP contribution < -0.4 is 11.4 Å². The van der Waals surface area contributed by atoms with E-state index in [1.807, 2.05) is 30.4 Å². The highest BCUT2D eigenvalue weighted by Crippen LogP contribution is 2.57. The van der Waals surface area contributed by atoms with E-state index < -0.39 is 0 Å². The van der Waals surface area contributed by atoms with Gasteiger partial charge in [-0.25, -0.2) is 23.5 Å². The van der Waals surface area contributed by atoms with E-state index >= 15 is 0 Å². The topological polar surface area (TPSA) is 48.9 Å². The van der Waals surface area contributed by atoms with E-state index in [1.165, 1.54) is 4.57 Å². The first-order valence-electron chi connectivity index (χ1n) is 7.21. The van der Waals surface area contributed by atoms with Crippen molar-refractivity contribution in [3.05, 3.63) is 75.6 Å². The van der Waals surface area contributed by atoms with Crippen molar-refractivity contribution in [3.63, 3.8) is 0 Å². The summed E-state index contributed by atoms with van der Waals surface area (Å²) in [5.41, 5.74) is 0.0498. The van der Waals surface area contributed by atoms with Crippen LogP contribution in [0.4, 0.5) is 0 Å². The van der Waals surface area contributed by atoms with E-state index in [-0.39, 0.29) is 33.7 Å². The van der Waals surface area contributed by atoms with Gasteiger partial charge in [-0.1, -0.05) is 58.4 Å². The maximum atomic E-state index is 12.9. The molecule has 0 saturated carbocycles. The Bertz CT molecular complexity index is 966. The zero-order valence-corrected chi connectivity index (χ0v) is 13.1. The molecule has 0 N–H and O–H groups in total. The van der Waals surface area contributed by atoms with Crippen molar-refractivity contribution in [2.24, 2.45) is 5.92 Å². The summed E-state index contributed by atoms with van der Waals surface area (Å²) in [7, 11) is 0. The molecule has 2 aliphatic carbocycles. The summed E-state index contributed by atoms with van der Waals surface area (Å²) >= 11 is 3.77. The Labute approximate surface area is 133 Å². The molecular formula is C16H12BrN3O2. The summed E-state index contributed by atoms with van der Waals surface area (Å²) in [5, 5.41) is 0. The van der Waals surface area contributed by atoms with Crippen LogP contribution in [0.15, 0.2) is 64.2 Å². The van der Waals surface area contributed by atoms with Gasteiger partial charge < -0.3 is 0 Å². The number of rotatable bonds is 1. The van der Waals surface area contributed by atoms with E-state index in [4.69, 9.17) is 0 Å². The second-order valence-electron chi connectivity index (χ2n) is 5.96. The monoisotopic (exact) mass is 357 g/mol. The van der Waals surface area contributed by atoms with Gasteiger partial charge >= 0.3 is 11.4 Å². The third-order valence-corrected chi connectivity index (χ3v) is 6.21. The second-order valence-corrected chi connectivity index (χ2v) is 7.33. The largest absolute Gasteiger partial charge is 0.352 e. The lowest BCUT2D eigenvalue weighted by Gasteiger charge is -2.53. The van der Waals surface area contributed by atoms with Gasteiger partial charge in [0.15, 0.2) is 0 Å². The van der Waals surface area contributed by atoms with Crippen LogP contribution in [0.25, 0.3) is 5.69 Å². The molecule has 2 aliphatic heterocycles. The van der Waals surface area contributed by atoms with Crippen molar-refractivity contribution in [3.8, 4) is 5.69 Å². The summed E-state index contributed by atoms with van der Waals surface area (Å²) in [5.74, 6) is 0.214. The Morgan fingerprint density at radius 1 is 0.955 bits per heavy atom. The number of hydrogen-bond acceptors (Lipinski definition) is 2. The van der Waals surface area contributed by atoms with Gasteiger partial charge in [-0.2, -0.15) is 0 Å². The van der Waals surface area contributed by atoms with Gasteiger partial charge in [-0.15, -0.1) is 0 Å². The standard InChI is InChI=1S/C16H12BrN3O2/c17-16-9-8-11(16)12-6-7-13(16)20-15(22)18(14(21)19(12)20)10-4-2-1-3-5-10/h1-9,11-13H/t11-,12+,13+,16+/m1/s1. The van der Waals surface area contributed by atoms with Gasteiger partial charge in [-0.05, 0) is 12.1 Å². The molecule has 4 atom stereocenters. The third-order valence-electron chi connectivity index (χ3n) is 4.95. The molecule has 0 radical (unpaired) electrons. The van der Waals surface area contributed by atoms with Crippen molar-refractivity contribution >= 4 is 15.9 Å². The molecule has 2 bridgehead atoms. The molecule has 0 fully saturated rings. The van der Waals surface area contributed by atoms with Gasteiger partial charge in [-0.3, -0.25) is 0 Å². The molecule has 3 heterocycles. The fourth-order valence-electron chi connectivity index (χ4n) is 3.84. The molecule has 4 aliphatic rings. The van der Waals surface area contributed by atoms with Crippen LogP contribution in [0.2, 0.25) is 0 Å². The SMILES string of the molecule is O=c1n(-c2ccccc2)c(=O)n2n1[C@H]1C=C[C@H]2[C@H]2C=C[C@]21Br. The van der Waals surface area contributed by atoms with Crippen molar-refractivity contribution in [1.82, 2.24) is 13.9 Å². The highest BCUT2D eigenvalue weighted by molar-refractivity contribution is 9.10. The van der Waals surface area contributed by atoms with Crippen LogP contribution in [0, 0.1) is 5.92 Å². The minimum absolute atomic E-state index is 0.112. The minimum atomic E-state index is -0.284. The first kappa shape index (κ1) is 12.5. The van der Waals surface area contributed by atoms with Crippen molar-refractivity contribution < 1.29 is 0 Å². The number of benzene rings is 1. The molecule has 0 unspecified atom stereocenters. The van der Waals surface area contributed by atoms with Crippen LogP contribution in [0.5, 0.6) is 0 Å². The first-order valence-corrected chi connectivity index (χ1v) is 8.00. The maximum Gasteiger partial charge on any atom is 0.352 e. The quantitative estimate of drug-likeness (QED) is 0.577. The average Bonchev–Trinajstić information content (AvgIpc) is 2.78. The number of nitrogens with zero attached hydrogens (tertiary/aromatic N) is 3. The van der Waals surface area contributed by atoms with E-state index in [9.17, 15) is 9.59 Å². The van der Waals surface area contributed by atoms with Gasteiger partial charge in [0.25, 0.3) is 0 Å². The van der Waals surface area contributed by atoms with Crippen molar-refractivity contribution in [1.29, 1.82) is 0 Å². The predicted molar refractivity (Wildman–Crippen MR) is 85.8 cm³/mol. The lowest BCUT2D eigenvalue weighted by molar-refractivity contribution is 0.166. The lowest BCUT2D eigenvalue weighted by Crippen LogP contribution is -2.58. The molecule has 6 heteroatoms. The zero-order valence-electron chi connectivity index (χ0n) is 11.5. The van der Waals surface area contributed by atoms with Crippen LogP contribution in [0.3, 0.4) is 0 Å². The molecule has 1 aromatic heterocycles. The highest BCUT2D eigenvalue weighted by Gasteiger charge is 2.57. The van der Waals surface area contributed by atoms with Gasteiger partial charge in [0.05, 0.1) is 22.1 Å². The number of halogens is 1. The van der Waals surface area contributed by atoms with Crippen LogP contribution in [0.1, 0.15) is 12.1 Å².